The van der Waals surface area contributed by atoms with Crippen molar-refractivity contribution < 1.29 is 9.53 Å². The minimum atomic E-state index is -0.311. The maximum atomic E-state index is 12.6. The lowest BCUT2D eigenvalue weighted by molar-refractivity contribution is -0.139. The summed E-state index contributed by atoms with van der Waals surface area (Å²) in [6, 6.07) is 8.32. The van der Waals surface area contributed by atoms with Gasteiger partial charge in [-0.15, -0.1) is 11.3 Å². The van der Waals surface area contributed by atoms with Crippen molar-refractivity contribution in [1.29, 1.82) is 0 Å². The van der Waals surface area contributed by atoms with Crippen LogP contribution >= 0.6 is 23.1 Å². The molecule has 2 aromatic heterocycles. The Kier molecular flexibility index (Phi) is 4.35. The predicted molar refractivity (Wildman–Crippen MR) is 100 cm³/mol. The fourth-order valence-corrected chi connectivity index (χ4v) is 5.12. The molecule has 0 saturated carbocycles. The number of thiophene rings is 1. The van der Waals surface area contributed by atoms with Gasteiger partial charge in [-0.25, -0.2) is 4.98 Å². The van der Waals surface area contributed by atoms with Gasteiger partial charge in [-0.05, 0) is 36.5 Å². The van der Waals surface area contributed by atoms with E-state index >= 15 is 0 Å². The second-order valence-electron chi connectivity index (χ2n) is 5.71. The van der Waals surface area contributed by atoms with Gasteiger partial charge in [-0.3, -0.25) is 9.59 Å². The van der Waals surface area contributed by atoms with E-state index in [1.54, 1.807) is 18.3 Å². The molecule has 0 amide bonds. The number of carbonyl (C=O) groups is 1. The molecule has 3 aromatic rings. The van der Waals surface area contributed by atoms with E-state index in [9.17, 15) is 9.59 Å². The Hall–Kier alpha value is -2.12. The third-order valence-corrected chi connectivity index (χ3v) is 6.18. The highest BCUT2D eigenvalue weighted by molar-refractivity contribution is 7.99. The van der Waals surface area contributed by atoms with Gasteiger partial charge in [-0.1, -0.05) is 36.0 Å². The second-order valence-corrected chi connectivity index (χ2v) is 7.67. The first-order valence-corrected chi connectivity index (χ1v) is 9.90. The highest BCUT2D eigenvalue weighted by Crippen LogP contribution is 2.42. The molecule has 1 aromatic carbocycles. The SMILES string of the molecule is CCOC(=O)CSc1nc2sc3c(c2c(=O)[nH]1)CCc1ccccc1-3. The number of H-pyrrole nitrogens is 1. The standard InChI is InChI=1S/C18H16N2O3S2/c1-2-23-13(21)9-24-18-19-16(22)14-12-8-7-10-5-3-4-6-11(10)15(12)25-17(14)20-18/h3-6H,2,7-9H2,1H3,(H,19,20,22). The van der Waals surface area contributed by atoms with E-state index in [-0.39, 0.29) is 17.3 Å². The lowest BCUT2D eigenvalue weighted by Gasteiger charge is -2.15. The van der Waals surface area contributed by atoms with Crippen LogP contribution in [0, 0.1) is 0 Å². The Balaban J connectivity index is 1.74. The molecule has 0 bridgehead atoms. The number of aryl methyl sites for hydroxylation is 2. The van der Waals surface area contributed by atoms with E-state index in [0.717, 1.165) is 28.1 Å². The van der Waals surface area contributed by atoms with Crippen molar-refractivity contribution in [2.75, 3.05) is 12.4 Å². The summed E-state index contributed by atoms with van der Waals surface area (Å²) in [5.74, 6) is -0.175. The number of carbonyl (C=O) groups excluding carboxylic acids is 1. The Bertz CT molecular complexity index is 1020. The van der Waals surface area contributed by atoms with E-state index in [2.05, 4.69) is 22.1 Å². The molecule has 0 saturated heterocycles. The number of nitrogens with zero attached hydrogens (tertiary/aromatic N) is 1. The van der Waals surface area contributed by atoms with Crippen LogP contribution in [0.5, 0.6) is 0 Å². The fraction of sp³-hybridized carbons (Fsp3) is 0.278. The quantitative estimate of drug-likeness (QED) is 0.432. The van der Waals surface area contributed by atoms with Crippen molar-refractivity contribution in [1.82, 2.24) is 9.97 Å². The zero-order valence-electron chi connectivity index (χ0n) is 13.6. The van der Waals surface area contributed by atoms with Gasteiger partial charge < -0.3 is 9.72 Å². The number of hydrogen-bond acceptors (Lipinski definition) is 6. The topological polar surface area (TPSA) is 72.0 Å². The number of aromatic nitrogens is 2. The maximum Gasteiger partial charge on any atom is 0.316 e. The van der Waals surface area contributed by atoms with Gasteiger partial charge in [0.05, 0.1) is 17.7 Å². The highest BCUT2D eigenvalue weighted by atomic mass is 32.2. The number of fused-ring (bicyclic) bond motifs is 5. The molecule has 1 N–H and O–H groups in total. The zero-order valence-corrected chi connectivity index (χ0v) is 15.3. The Morgan fingerprint density at radius 2 is 2.20 bits per heavy atom. The molecule has 1 aliphatic rings. The summed E-state index contributed by atoms with van der Waals surface area (Å²) in [4.78, 5) is 33.3. The highest BCUT2D eigenvalue weighted by Gasteiger charge is 2.23. The molecule has 1 aliphatic carbocycles. The van der Waals surface area contributed by atoms with E-state index in [1.807, 2.05) is 12.1 Å². The molecule has 0 atom stereocenters. The molecule has 7 heteroatoms. The first-order valence-electron chi connectivity index (χ1n) is 8.09. The number of esters is 1. The van der Waals surface area contributed by atoms with E-state index in [0.29, 0.717) is 17.1 Å². The van der Waals surface area contributed by atoms with Crippen LogP contribution in [-0.4, -0.2) is 28.3 Å². The summed E-state index contributed by atoms with van der Waals surface area (Å²) in [6.45, 7) is 2.11. The van der Waals surface area contributed by atoms with Crippen molar-refractivity contribution in [2.24, 2.45) is 0 Å². The zero-order chi connectivity index (χ0) is 17.4. The van der Waals surface area contributed by atoms with Crippen LogP contribution in [0.15, 0.2) is 34.2 Å². The summed E-state index contributed by atoms with van der Waals surface area (Å²) in [5.41, 5.74) is 3.48. The molecule has 0 spiro atoms. The summed E-state index contributed by atoms with van der Waals surface area (Å²) >= 11 is 2.75. The number of benzene rings is 1. The van der Waals surface area contributed by atoms with Crippen LogP contribution in [0.25, 0.3) is 20.7 Å². The van der Waals surface area contributed by atoms with Crippen molar-refractivity contribution >= 4 is 39.3 Å². The third-order valence-electron chi connectivity index (χ3n) is 4.18. The first kappa shape index (κ1) is 16.4. The van der Waals surface area contributed by atoms with Crippen LogP contribution in [0.2, 0.25) is 0 Å². The Labute approximate surface area is 152 Å². The summed E-state index contributed by atoms with van der Waals surface area (Å²) in [5, 5.41) is 1.15. The molecule has 5 nitrogen and oxygen atoms in total. The monoisotopic (exact) mass is 372 g/mol. The summed E-state index contributed by atoms with van der Waals surface area (Å²) < 4.78 is 4.91. The predicted octanol–water partition coefficient (Wildman–Crippen LogP) is 3.41. The van der Waals surface area contributed by atoms with Crippen LogP contribution in [0.3, 0.4) is 0 Å². The molecular weight excluding hydrogens is 356 g/mol. The number of hydrogen-bond donors (Lipinski definition) is 1. The van der Waals surface area contributed by atoms with Crippen LogP contribution < -0.4 is 5.56 Å². The minimum Gasteiger partial charge on any atom is -0.465 e. The summed E-state index contributed by atoms with van der Waals surface area (Å²) in [7, 11) is 0. The van der Waals surface area contributed by atoms with E-state index in [4.69, 9.17) is 4.74 Å². The molecule has 25 heavy (non-hydrogen) atoms. The molecule has 0 unspecified atom stereocenters. The van der Waals surface area contributed by atoms with Gasteiger partial charge in [0.2, 0.25) is 0 Å². The van der Waals surface area contributed by atoms with Crippen molar-refractivity contribution in [3.8, 4) is 10.4 Å². The second kappa shape index (κ2) is 6.65. The molecular formula is C18H16N2O3S2. The van der Waals surface area contributed by atoms with E-state index in [1.165, 1.54) is 22.9 Å². The van der Waals surface area contributed by atoms with Crippen LogP contribution in [0.1, 0.15) is 18.1 Å². The van der Waals surface area contributed by atoms with Gasteiger partial charge in [0.15, 0.2) is 5.16 Å². The average Bonchev–Trinajstić information content (AvgIpc) is 2.99. The summed E-state index contributed by atoms with van der Waals surface area (Å²) in [6.07, 6.45) is 1.79. The normalized spacial score (nSPS) is 12.7. The molecule has 128 valence electrons. The fourth-order valence-electron chi connectivity index (χ4n) is 3.12. The van der Waals surface area contributed by atoms with Crippen LogP contribution in [0.4, 0.5) is 0 Å². The molecule has 0 radical (unpaired) electrons. The third kappa shape index (κ3) is 2.98. The largest absolute Gasteiger partial charge is 0.465 e. The number of aromatic amines is 1. The number of ether oxygens (including phenoxy) is 1. The maximum absolute atomic E-state index is 12.6. The van der Waals surface area contributed by atoms with Crippen molar-refractivity contribution in [3.63, 3.8) is 0 Å². The lowest BCUT2D eigenvalue weighted by atomic mass is 9.90. The first-order chi connectivity index (χ1) is 12.2. The smallest absolute Gasteiger partial charge is 0.316 e. The van der Waals surface area contributed by atoms with Crippen molar-refractivity contribution in [2.45, 2.75) is 24.9 Å². The number of rotatable bonds is 4. The van der Waals surface area contributed by atoms with Crippen molar-refractivity contribution in [3.05, 3.63) is 45.7 Å². The number of thioether (sulfide) groups is 1. The van der Waals surface area contributed by atoms with Gasteiger partial charge in [0.1, 0.15) is 4.83 Å². The Morgan fingerprint density at radius 1 is 1.36 bits per heavy atom. The molecule has 4 rings (SSSR count). The van der Waals surface area contributed by atoms with Crippen LogP contribution in [-0.2, 0) is 22.4 Å². The van der Waals surface area contributed by atoms with Gasteiger partial charge in [0, 0.05) is 4.88 Å². The molecule has 0 aliphatic heterocycles. The van der Waals surface area contributed by atoms with Gasteiger partial charge in [-0.2, -0.15) is 0 Å². The average molecular weight is 372 g/mol. The van der Waals surface area contributed by atoms with Gasteiger partial charge >= 0.3 is 5.97 Å². The minimum absolute atomic E-state index is 0.131. The lowest BCUT2D eigenvalue weighted by Crippen LogP contribution is -2.12. The Morgan fingerprint density at radius 3 is 3.04 bits per heavy atom. The molecule has 2 heterocycles. The molecule has 0 fully saturated rings. The van der Waals surface area contributed by atoms with Gasteiger partial charge in [0.25, 0.3) is 5.56 Å². The number of nitrogens with one attached hydrogen (secondary N) is 1. The van der Waals surface area contributed by atoms with E-state index < -0.39 is 0 Å².